The summed E-state index contributed by atoms with van der Waals surface area (Å²) >= 11 is 0. The van der Waals surface area contributed by atoms with Gasteiger partial charge >= 0.3 is 0 Å². The maximum Gasteiger partial charge on any atom is 0.271 e. The highest BCUT2D eigenvalue weighted by molar-refractivity contribution is 7.91. The van der Waals surface area contributed by atoms with Crippen LogP contribution in [0.3, 0.4) is 0 Å². The van der Waals surface area contributed by atoms with Crippen LogP contribution in [0.15, 0.2) is 57.5 Å². The third-order valence-electron chi connectivity index (χ3n) is 5.39. The van der Waals surface area contributed by atoms with E-state index in [0.717, 1.165) is 4.90 Å². The number of hydrogen-bond acceptors (Lipinski definition) is 6. The Morgan fingerprint density at radius 3 is 2.48 bits per heavy atom. The van der Waals surface area contributed by atoms with Gasteiger partial charge in [0.15, 0.2) is 9.84 Å². The largest absolute Gasteiger partial charge is 0.457 e. The standard InChI is InChI=1S/C22H17FN2O5S/c1-13-18(10-17-6-7-20(30-17)14-2-4-15(23)5-3-14)21(26)25(22(27)19(13)11-24)16-8-9-31(28,29)12-16/h2-7,10,16H,8-9,12H2,1H3/b18-10-. The van der Waals surface area contributed by atoms with Crippen LogP contribution in [0, 0.1) is 17.1 Å². The SMILES string of the molecule is CC1=C(C#N)C(=O)N(C2CCS(=O)(=O)C2)C(=O)/C1=C\c1ccc(-c2ccc(F)cc2)o1. The third kappa shape index (κ3) is 3.82. The lowest BCUT2D eigenvalue weighted by Gasteiger charge is -2.31. The molecule has 2 aliphatic heterocycles. The molecular weight excluding hydrogens is 423 g/mol. The summed E-state index contributed by atoms with van der Waals surface area (Å²) in [7, 11) is -3.35. The van der Waals surface area contributed by atoms with Crippen molar-refractivity contribution in [2.24, 2.45) is 0 Å². The van der Waals surface area contributed by atoms with Gasteiger partial charge in [0.05, 0.1) is 17.5 Å². The summed E-state index contributed by atoms with van der Waals surface area (Å²) in [5, 5.41) is 9.47. The van der Waals surface area contributed by atoms with Gasteiger partial charge in [-0.25, -0.2) is 12.8 Å². The second-order valence-electron chi connectivity index (χ2n) is 7.42. The van der Waals surface area contributed by atoms with Crippen molar-refractivity contribution in [1.82, 2.24) is 4.90 Å². The van der Waals surface area contributed by atoms with Gasteiger partial charge in [-0.3, -0.25) is 14.5 Å². The normalized spacial score (nSPS) is 22.3. The Kier molecular flexibility index (Phi) is 5.11. The summed E-state index contributed by atoms with van der Waals surface area (Å²) in [6.45, 7) is 1.49. The number of imide groups is 1. The molecule has 31 heavy (non-hydrogen) atoms. The minimum Gasteiger partial charge on any atom is -0.457 e. The minimum absolute atomic E-state index is 0.0838. The molecule has 0 spiro atoms. The molecule has 0 saturated carbocycles. The smallest absolute Gasteiger partial charge is 0.271 e. The van der Waals surface area contributed by atoms with E-state index in [1.54, 1.807) is 24.3 Å². The van der Waals surface area contributed by atoms with Gasteiger partial charge in [0, 0.05) is 11.1 Å². The molecule has 1 saturated heterocycles. The monoisotopic (exact) mass is 440 g/mol. The van der Waals surface area contributed by atoms with E-state index in [1.807, 2.05) is 6.07 Å². The topological polar surface area (TPSA) is 108 Å². The Labute approximate surface area is 178 Å². The predicted molar refractivity (Wildman–Crippen MR) is 109 cm³/mol. The number of amides is 2. The van der Waals surface area contributed by atoms with Crippen molar-refractivity contribution in [1.29, 1.82) is 5.26 Å². The number of nitrogens with zero attached hydrogens (tertiary/aromatic N) is 2. The van der Waals surface area contributed by atoms with Gasteiger partial charge in [0.2, 0.25) is 0 Å². The van der Waals surface area contributed by atoms with E-state index >= 15 is 0 Å². The summed E-state index contributed by atoms with van der Waals surface area (Å²) < 4.78 is 42.6. The zero-order chi connectivity index (χ0) is 22.3. The predicted octanol–water partition coefficient (Wildman–Crippen LogP) is 2.87. The molecule has 158 valence electrons. The molecule has 2 aromatic rings. The van der Waals surface area contributed by atoms with E-state index in [1.165, 1.54) is 25.1 Å². The Morgan fingerprint density at radius 1 is 1.16 bits per heavy atom. The summed E-state index contributed by atoms with van der Waals surface area (Å²) in [5.41, 5.74) is 0.717. The van der Waals surface area contributed by atoms with Crippen LogP contribution in [0.4, 0.5) is 4.39 Å². The number of nitriles is 1. The molecular formula is C22H17FN2O5S. The first-order valence-corrected chi connectivity index (χ1v) is 11.3. The first-order chi connectivity index (χ1) is 14.7. The van der Waals surface area contributed by atoms with Gasteiger partial charge in [0.25, 0.3) is 11.8 Å². The summed E-state index contributed by atoms with van der Waals surface area (Å²) in [6, 6.07) is 9.99. The Morgan fingerprint density at radius 2 is 1.87 bits per heavy atom. The molecule has 9 heteroatoms. The minimum atomic E-state index is -3.35. The van der Waals surface area contributed by atoms with Crippen LogP contribution in [0.1, 0.15) is 19.1 Å². The Bertz CT molecular complexity index is 1300. The average Bonchev–Trinajstić information content (AvgIpc) is 3.32. The lowest BCUT2D eigenvalue weighted by Crippen LogP contribution is -2.49. The Balaban J connectivity index is 1.73. The highest BCUT2D eigenvalue weighted by Gasteiger charge is 2.43. The van der Waals surface area contributed by atoms with Crippen molar-refractivity contribution >= 4 is 27.7 Å². The van der Waals surface area contributed by atoms with E-state index in [9.17, 15) is 27.7 Å². The van der Waals surface area contributed by atoms with E-state index in [0.29, 0.717) is 17.1 Å². The van der Waals surface area contributed by atoms with Gasteiger partial charge in [-0.15, -0.1) is 0 Å². The average molecular weight is 440 g/mol. The zero-order valence-electron chi connectivity index (χ0n) is 16.5. The molecule has 0 bridgehead atoms. The van der Waals surface area contributed by atoms with Crippen molar-refractivity contribution in [3.05, 3.63) is 64.7 Å². The molecule has 0 radical (unpaired) electrons. The van der Waals surface area contributed by atoms with Crippen LogP contribution in [0.25, 0.3) is 17.4 Å². The maximum absolute atomic E-state index is 13.1. The van der Waals surface area contributed by atoms with E-state index in [-0.39, 0.29) is 40.5 Å². The van der Waals surface area contributed by atoms with Crippen LogP contribution in [-0.4, -0.2) is 42.7 Å². The number of sulfone groups is 1. The molecule has 1 fully saturated rings. The van der Waals surface area contributed by atoms with E-state index in [2.05, 4.69) is 0 Å². The van der Waals surface area contributed by atoms with E-state index < -0.39 is 27.7 Å². The highest BCUT2D eigenvalue weighted by Crippen LogP contribution is 2.32. The number of carbonyl (C=O) groups excluding carboxylic acids is 2. The van der Waals surface area contributed by atoms with E-state index in [4.69, 9.17) is 4.42 Å². The second kappa shape index (κ2) is 7.63. The first-order valence-electron chi connectivity index (χ1n) is 9.47. The highest BCUT2D eigenvalue weighted by atomic mass is 32.2. The molecule has 1 atom stereocenters. The molecule has 2 aliphatic rings. The molecule has 2 amide bonds. The molecule has 3 heterocycles. The fraction of sp³-hybridized carbons (Fsp3) is 0.227. The molecule has 0 aliphatic carbocycles. The number of furan rings is 1. The molecule has 7 nitrogen and oxygen atoms in total. The van der Waals surface area contributed by atoms with Crippen LogP contribution >= 0.6 is 0 Å². The van der Waals surface area contributed by atoms with Crippen molar-refractivity contribution in [3.8, 4) is 17.4 Å². The van der Waals surface area contributed by atoms with Crippen molar-refractivity contribution in [2.45, 2.75) is 19.4 Å². The molecule has 1 unspecified atom stereocenters. The Hall–Kier alpha value is -3.51. The zero-order valence-corrected chi connectivity index (χ0v) is 17.3. The molecule has 0 N–H and O–H groups in total. The van der Waals surface area contributed by atoms with Crippen molar-refractivity contribution in [2.75, 3.05) is 11.5 Å². The third-order valence-corrected chi connectivity index (χ3v) is 7.14. The van der Waals surface area contributed by atoms with Gasteiger partial charge in [-0.05, 0) is 61.4 Å². The first kappa shape index (κ1) is 20.8. The van der Waals surface area contributed by atoms with Crippen molar-refractivity contribution in [3.63, 3.8) is 0 Å². The van der Waals surface area contributed by atoms with Crippen LogP contribution < -0.4 is 0 Å². The van der Waals surface area contributed by atoms with Crippen LogP contribution in [0.2, 0.25) is 0 Å². The van der Waals surface area contributed by atoms with Crippen LogP contribution in [0.5, 0.6) is 0 Å². The summed E-state index contributed by atoms with van der Waals surface area (Å²) in [6.07, 6.45) is 1.56. The summed E-state index contributed by atoms with van der Waals surface area (Å²) in [5.74, 6) is -1.50. The van der Waals surface area contributed by atoms with Crippen molar-refractivity contribution < 1.29 is 26.8 Å². The molecule has 1 aromatic carbocycles. The quantitative estimate of drug-likeness (QED) is 0.536. The lowest BCUT2D eigenvalue weighted by molar-refractivity contribution is -0.142. The lowest BCUT2D eigenvalue weighted by atomic mass is 9.93. The van der Waals surface area contributed by atoms with Gasteiger partial charge < -0.3 is 4.42 Å². The molecule has 1 aromatic heterocycles. The van der Waals surface area contributed by atoms with Crippen LogP contribution in [-0.2, 0) is 19.4 Å². The summed E-state index contributed by atoms with van der Waals surface area (Å²) in [4.78, 5) is 26.8. The fourth-order valence-electron chi connectivity index (χ4n) is 3.75. The number of rotatable bonds is 3. The fourth-order valence-corrected chi connectivity index (χ4v) is 5.45. The van der Waals surface area contributed by atoms with Gasteiger partial charge in [0.1, 0.15) is 29.0 Å². The van der Waals surface area contributed by atoms with Gasteiger partial charge in [-0.1, -0.05) is 0 Å². The number of carbonyl (C=O) groups is 2. The number of hydrogen-bond donors (Lipinski definition) is 0. The second-order valence-corrected chi connectivity index (χ2v) is 9.64. The maximum atomic E-state index is 13.1. The number of benzene rings is 1. The molecule has 4 rings (SSSR count). The number of halogens is 1. The van der Waals surface area contributed by atoms with Gasteiger partial charge in [-0.2, -0.15) is 5.26 Å².